The Balaban J connectivity index is 1.86. The molecule has 0 bridgehead atoms. The van der Waals surface area contributed by atoms with Crippen molar-refractivity contribution in [3.63, 3.8) is 0 Å². The van der Waals surface area contributed by atoms with E-state index < -0.39 is 0 Å². The fourth-order valence-electron chi connectivity index (χ4n) is 2.29. The molecule has 110 valence electrons. The first-order valence-corrected chi connectivity index (χ1v) is 6.88. The van der Waals surface area contributed by atoms with Crippen molar-refractivity contribution in [1.82, 2.24) is 9.80 Å². The SMILES string of the molecule is CC(=O)N1CCN(C(=O)CNc2ccccc2C#N)CC1. The molecule has 0 spiro atoms. The molecule has 1 N–H and O–H groups in total. The Morgan fingerprint density at radius 2 is 1.81 bits per heavy atom. The van der Waals surface area contributed by atoms with Gasteiger partial charge in [0.2, 0.25) is 11.8 Å². The van der Waals surface area contributed by atoms with Crippen molar-refractivity contribution in [3.8, 4) is 6.07 Å². The number of rotatable bonds is 3. The Bertz CT molecular complexity index is 571. The van der Waals surface area contributed by atoms with E-state index in [0.717, 1.165) is 0 Å². The van der Waals surface area contributed by atoms with Crippen LogP contribution in [0.1, 0.15) is 12.5 Å². The second-order valence-corrected chi connectivity index (χ2v) is 4.90. The number of amides is 2. The van der Waals surface area contributed by atoms with Gasteiger partial charge in [-0.3, -0.25) is 9.59 Å². The van der Waals surface area contributed by atoms with Crippen LogP contribution in [-0.2, 0) is 9.59 Å². The summed E-state index contributed by atoms with van der Waals surface area (Å²) in [4.78, 5) is 26.8. The number of benzene rings is 1. The van der Waals surface area contributed by atoms with Crippen LogP contribution >= 0.6 is 0 Å². The molecule has 1 fully saturated rings. The zero-order valence-corrected chi connectivity index (χ0v) is 12.0. The van der Waals surface area contributed by atoms with E-state index in [1.807, 2.05) is 6.07 Å². The lowest BCUT2D eigenvalue weighted by atomic mass is 10.2. The number of nitriles is 1. The van der Waals surface area contributed by atoms with E-state index in [9.17, 15) is 9.59 Å². The molecule has 0 radical (unpaired) electrons. The summed E-state index contributed by atoms with van der Waals surface area (Å²) < 4.78 is 0. The van der Waals surface area contributed by atoms with Gasteiger partial charge in [0.25, 0.3) is 0 Å². The number of carbonyl (C=O) groups excluding carboxylic acids is 2. The van der Waals surface area contributed by atoms with Gasteiger partial charge in [-0.05, 0) is 12.1 Å². The molecule has 1 aromatic carbocycles. The minimum absolute atomic E-state index is 0.0223. The monoisotopic (exact) mass is 286 g/mol. The number of hydrogen-bond donors (Lipinski definition) is 1. The number of para-hydroxylation sites is 1. The van der Waals surface area contributed by atoms with E-state index in [-0.39, 0.29) is 18.4 Å². The van der Waals surface area contributed by atoms with Gasteiger partial charge in [-0.2, -0.15) is 5.26 Å². The van der Waals surface area contributed by atoms with E-state index in [4.69, 9.17) is 5.26 Å². The molecule has 0 atom stereocenters. The molecular formula is C15H18N4O2. The van der Waals surface area contributed by atoms with Crippen molar-refractivity contribution < 1.29 is 9.59 Å². The number of hydrogen-bond acceptors (Lipinski definition) is 4. The van der Waals surface area contributed by atoms with E-state index in [1.54, 1.807) is 28.0 Å². The Labute approximate surface area is 123 Å². The largest absolute Gasteiger partial charge is 0.375 e. The molecule has 21 heavy (non-hydrogen) atoms. The number of anilines is 1. The number of carbonyl (C=O) groups is 2. The summed E-state index contributed by atoms with van der Waals surface area (Å²) in [6.07, 6.45) is 0. The summed E-state index contributed by atoms with van der Waals surface area (Å²) in [7, 11) is 0. The van der Waals surface area contributed by atoms with Crippen LogP contribution in [0.25, 0.3) is 0 Å². The van der Waals surface area contributed by atoms with Crippen LogP contribution in [-0.4, -0.2) is 54.3 Å². The lowest BCUT2D eigenvalue weighted by molar-refractivity contribution is -0.137. The molecule has 1 saturated heterocycles. The van der Waals surface area contributed by atoms with Crippen LogP contribution in [0.5, 0.6) is 0 Å². The number of nitrogens with zero attached hydrogens (tertiary/aromatic N) is 3. The standard InChI is InChI=1S/C15H18N4O2/c1-12(20)18-6-8-19(9-7-18)15(21)11-17-14-5-3-2-4-13(14)10-16/h2-5,17H,6-9,11H2,1H3. The smallest absolute Gasteiger partial charge is 0.241 e. The van der Waals surface area contributed by atoms with Crippen molar-refractivity contribution in [2.24, 2.45) is 0 Å². The van der Waals surface area contributed by atoms with Gasteiger partial charge in [-0.25, -0.2) is 0 Å². The fourth-order valence-corrected chi connectivity index (χ4v) is 2.29. The van der Waals surface area contributed by atoms with E-state index >= 15 is 0 Å². The average Bonchev–Trinajstić information content (AvgIpc) is 2.52. The highest BCUT2D eigenvalue weighted by Gasteiger charge is 2.22. The zero-order valence-electron chi connectivity index (χ0n) is 12.0. The molecule has 2 rings (SSSR count). The first kappa shape index (κ1) is 14.9. The zero-order chi connectivity index (χ0) is 15.2. The summed E-state index contributed by atoms with van der Waals surface area (Å²) in [6, 6.07) is 9.17. The minimum atomic E-state index is -0.0223. The molecule has 1 aliphatic heterocycles. The van der Waals surface area contributed by atoms with Gasteiger partial charge in [0.1, 0.15) is 6.07 Å². The van der Waals surface area contributed by atoms with Gasteiger partial charge in [0.05, 0.1) is 17.8 Å². The van der Waals surface area contributed by atoms with Crippen molar-refractivity contribution in [2.75, 3.05) is 38.0 Å². The first-order valence-electron chi connectivity index (χ1n) is 6.88. The molecule has 0 unspecified atom stereocenters. The molecule has 6 nitrogen and oxygen atoms in total. The Morgan fingerprint density at radius 3 is 2.43 bits per heavy atom. The highest BCUT2D eigenvalue weighted by molar-refractivity contribution is 5.82. The molecule has 1 heterocycles. The lowest BCUT2D eigenvalue weighted by Crippen LogP contribution is -2.51. The molecule has 6 heteroatoms. The maximum atomic E-state index is 12.1. The van der Waals surface area contributed by atoms with Gasteiger partial charge >= 0.3 is 0 Å². The van der Waals surface area contributed by atoms with Crippen LogP contribution in [0.15, 0.2) is 24.3 Å². The van der Waals surface area contributed by atoms with Gasteiger partial charge in [-0.1, -0.05) is 12.1 Å². The van der Waals surface area contributed by atoms with Crippen molar-refractivity contribution >= 4 is 17.5 Å². The normalized spacial score (nSPS) is 14.5. The summed E-state index contributed by atoms with van der Waals surface area (Å²) >= 11 is 0. The third-order valence-electron chi connectivity index (χ3n) is 3.56. The molecule has 0 saturated carbocycles. The van der Waals surface area contributed by atoms with Crippen molar-refractivity contribution in [2.45, 2.75) is 6.92 Å². The lowest BCUT2D eigenvalue weighted by Gasteiger charge is -2.34. The fraction of sp³-hybridized carbons (Fsp3) is 0.400. The molecule has 1 aliphatic rings. The predicted molar refractivity (Wildman–Crippen MR) is 78.5 cm³/mol. The summed E-state index contributed by atoms with van der Waals surface area (Å²) in [6.45, 7) is 3.96. The third-order valence-corrected chi connectivity index (χ3v) is 3.56. The van der Waals surface area contributed by atoms with Crippen LogP contribution in [0.3, 0.4) is 0 Å². The molecule has 1 aromatic rings. The number of nitrogens with one attached hydrogen (secondary N) is 1. The summed E-state index contributed by atoms with van der Waals surface area (Å²) in [5, 5.41) is 12.0. The van der Waals surface area contributed by atoms with Crippen LogP contribution in [0.2, 0.25) is 0 Å². The minimum Gasteiger partial charge on any atom is -0.375 e. The van der Waals surface area contributed by atoms with E-state index in [0.29, 0.717) is 37.4 Å². The van der Waals surface area contributed by atoms with Gasteiger partial charge < -0.3 is 15.1 Å². The maximum absolute atomic E-state index is 12.1. The number of piperazine rings is 1. The van der Waals surface area contributed by atoms with Crippen LogP contribution < -0.4 is 5.32 Å². The van der Waals surface area contributed by atoms with Crippen LogP contribution in [0.4, 0.5) is 5.69 Å². The average molecular weight is 286 g/mol. The van der Waals surface area contributed by atoms with E-state index in [1.165, 1.54) is 6.92 Å². The molecular weight excluding hydrogens is 268 g/mol. The molecule has 2 amide bonds. The topological polar surface area (TPSA) is 76.4 Å². The second-order valence-electron chi connectivity index (χ2n) is 4.90. The summed E-state index contributed by atoms with van der Waals surface area (Å²) in [5.41, 5.74) is 1.18. The third kappa shape index (κ3) is 3.72. The highest BCUT2D eigenvalue weighted by atomic mass is 16.2. The maximum Gasteiger partial charge on any atom is 0.241 e. The first-order chi connectivity index (χ1) is 10.1. The van der Waals surface area contributed by atoms with E-state index in [2.05, 4.69) is 11.4 Å². The Kier molecular flexibility index (Phi) is 4.77. The van der Waals surface area contributed by atoms with Gasteiger partial charge in [0.15, 0.2) is 0 Å². The van der Waals surface area contributed by atoms with Crippen molar-refractivity contribution in [1.29, 1.82) is 5.26 Å². The summed E-state index contributed by atoms with van der Waals surface area (Å²) in [5.74, 6) is 0.0223. The van der Waals surface area contributed by atoms with Crippen LogP contribution in [0, 0.1) is 11.3 Å². The quantitative estimate of drug-likeness (QED) is 0.885. The predicted octanol–water partition coefficient (Wildman–Crippen LogP) is 0.661. The van der Waals surface area contributed by atoms with Gasteiger partial charge in [-0.15, -0.1) is 0 Å². The Morgan fingerprint density at radius 1 is 1.19 bits per heavy atom. The Hall–Kier alpha value is -2.55. The second kappa shape index (κ2) is 6.75. The molecule has 0 aromatic heterocycles. The highest BCUT2D eigenvalue weighted by Crippen LogP contribution is 2.13. The van der Waals surface area contributed by atoms with Gasteiger partial charge in [0, 0.05) is 33.1 Å². The molecule has 0 aliphatic carbocycles. The van der Waals surface area contributed by atoms with Crippen molar-refractivity contribution in [3.05, 3.63) is 29.8 Å².